The van der Waals surface area contributed by atoms with Gasteiger partial charge < -0.3 is 5.11 Å². The molecule has 0 unspecified atom stereocenters. The molecule has 0 amide bonds. The Morgan fingerprint density at radius 1 is 0.652 bits per heavy atom. The summed E-state index contributed by atoms with van der Waals surface area (Å²) in [6.45, 7) is 25.2. The molecule has 136 valence electrons. The lowest BCUT2D eigenvalue weighted by atomic mass is 9.63. The molecule has 0 spiro atoms. The van der Waals surface area contributed by atoms with Crippen LogP contribution in [-0.4, -0.2) is 10.9 Å². The van der Waals surface area contributed by atoms with E-state index in [0.717, 1.165) is 0 Å². The van der Waals surface area contributed by atoms with Crippen molar-refractivity contribution in [3.05, 3.63) is 11.8 Å². The second-order valence-electron chi connectivity index (χ2n) is 11.3. The van der Waals surface area contributed by atoms with Crippen molar-refractivity contribution >= 4 is 5.78 Å². The van der Waals surface area contributed by atoms with Crippen LogP contribution in [0.1, 0.15) is 83.1 Å². The van der Waals surface area contributed by atoms with Crippen molar-refractivity contribution in [2.24, 2.45) is 33.5 Å². The van der Waals surface area contributed by atoms with Crippen LogP contribution in [0.5, 0.6) is 0 Å². The molecule has 0 aliphatic rings. The van der Waals surface area contributed by atoms with E-state index < -0.39 is 0 Å². The van der Waals surface area contributed by atoms with E-state index in [1.807, 2.05) is 0 Å². The van der Waals surface area contributed by atoms with E-state index in [1.165, 1.54) is 6.08 Å². The zero-order chi connectivity index (χ0) is 19.0. The van der Waals surface area contributed by atoms with Crippen molar-refractivity contribution < 1.29 is 9.90 Å². The molecule has 0 atom stereocenters. The molecule has 0 saturated heterocycles. The number of aliphatic hydroxyl groups is 1. The van der Waals surface area contributed by atoms with Gasteiger partial charge in [-0.1, -0.05) is 83.1 Å². The number of allylic oxidation sites excluding steroid dienone is 2. The van der Waals surface area contributed by atoms with Gasteiger partial charge in [-0.2, -0.15) is 0 Å². The lowest BCUT2D eigenvalue weighted by Crippen LogP contribution is -2.39. The van der Waals surface area contributed by atoms with Crippen LogP contribution in [0.15, 0.2) is 11.8 Å². The van der Waals surface area contributed by atoms with Gasteiger partial charge in [-0.3, -0.25) is 4.79 Å². The predicted molar refractivity (Wildman–Crippen MR) is 101 cm³/mol. The fraction of sp³-hybridized carbons (Fsp3) is 0.857. The Hall–Kier alpha value is -0.790. The SMILES string of the molecule is CC(C)(C)C(C(=O)/C=C(\O)C(C(C)(C)C)C(C)(C)C)C(C)(C)C. The first-order valence-electron chi connectivity index (χ1n) is 8.74. The quantitative estimate of drug-likeness (QED) is 0.481. The second kappa shape index (κ2) is 6.61. The van der Waals surface area contributed by atoms with Gasteiger partial charge in [-0.05, 0) is 21.7 Å². The highest BCUT2D eigenvalue weighted by molar-refractivity contribution is 5.93. The number of aliphatic hydroxyl groups excluding tert-OH is 1. The standard InChI is InChI=1S/C21H40O2/c1-18(2,3)16(19(4,5)6)14(22)13-15(23)17(20(7,8)9)21(10,11)12/h13,16-17,22H,1-12H3/b14-13-. The predicted octanol–water partition coefficient (Wildman–Crippen LogP) is 6.41. The average molecular weight is 325 g/mol. The largest absolute Gasteiger partial charge is 0.512 e. The van der Waals surface area contributed by atoms with Crippen LogP contribution < -0.4 is 0 Å². The Morgan fingerprint density at radius 2 is 0.913 bits per heavy atom. The monoisotopic (exact) mass is 324 g/mol. The third-order valence-corrected chi connectivity index (χ3v) is 4.33. The molecular weight excluding hydrogens is 284 g/mol. The summed E-state index contributed by atoms with van der Waals surface area (Å²) in [6.07, 6.45) is 1.50. The first kappa shape index (κ1) is 22.2. The molecule has 0 aromatic heterocycles. The minimum atomic E-state index is -0.148. The maximum absolute atomic E-state index is 13.0. The van der Waals surface area contributed by atoms with Crippen LogP contribution in [0, 0.1) is 33.5 Å². The minimum Gasteiger partial charge on any atom is -0.512 e. The van der Waals surface area contributed by atoms with Gasteiger partial charge in [-0.15, -0.1) is 0 Å². The molecule has 0 aliphatic heterocycles. The zero-order valence-corrected chi connectivity index (χ0v) is 17.6. The summed E-state index contributed by atoms with van der Waals surface area (Å²) in [6, 6.07) is 0. The molecule has 0 aliphatic carbocycles. The van der Waals surface area contributed by atoms with E-state index in [4.69, 9.17) is 0 Å². The average Bonchev–Trinajstić information content (AvgIpc) is 2.04. The molecule has 0 aromatic carbocycles. The van der Waals surface area contributed by atoms with Crippen LogP contribution in [0.25, 0.3) is 0 Å². The van der Waals surface area contributed by atoms with E-state index in [1.54, 1.807) is 0 Å². The summed E-state index contributed by atoms with van der Waals surface area (Å²) >= 11 is 0. The minimum absolute atomic E-state index is 0.0287. The van der Waals surface area contributed by atoms with Gasteiger partial charge >= 0.3 is 0 Å². The van der Waals surface area contributed by atoms with Gasteiger partial charge in [0, 0.05) is 17.9 Å². The van der Waals surface area contributed by atoms with Crippen LogP contribution in [0.2, 0.25) is 0 Å². The molecule has 0 aromatic rings. The number of carbonyl (C=O) groups is 1. The van der Waals surface area contributed by atoms with Crippen LogP contribution in [0.4, 0.5) is 0 Å². The number of hydrogen-bond donors (Lipinski definition) is 1. The van der Waals surface area contributed by atoms with Gasteiger partial charge in [0.25, 0.3) is 0 Å². The van der Waals surface area contributed by atoms with Gasteiger partial charge in [0.15, 0.2) is 5.78 Å². The topological polar surface area (TPSA) is 37.3 Å². The molecule has 23 heavy (non-hydrogen) atoms. The van der Waals surface area contributed by atoms with Crippen LogP contribution in [-0.2, 0) is 4.79 Å². The number of ketones is 1. The first-order valence-corrected chi connectivity index (χ1v) is 8.74. The molecule has 0 saturated carbocycles. The van der Waals surface area contributed by atoms with Gasteiger partial charge in [0.2, 0.25) is 0 Å². The third-order valence-electron chi connectivity index (χ3n) is 4.33. The fourth-order valence-electron chi connectivity index (χ4n) is 4.65. The Labute approximate surface area is 144 Å². The lowest BCUT2D eigenvalue weighted by molar-refractivity contribution is -0.126. The maximum atomic E-state index is 13.0. The molecule has 0 fully saturated rings. The molecule has 1 N–H and O–H groups in total. The van der Waals surface area contributed by atoms with E-state index in [-0.39, 0.29) is 45.0 Å². The van der Waals surface area contributed by atoms with E-state index in [0.29, 0.717) is 0 Å². The molecular formula is C21H40O2. The van der Waals surface area contributed by atoms with Gasteiger partial charge in [-0.25, -0.2) is 0 Å². The Morgan fingerprint density at radius 3 is 1.13 bits per heavy atom. The van der Waals surface area contributed by atoms with Crippen molar-refractivity contribution in [2.75, 3.05) is 0 Å². The molecule has 0 rings (SSSR count). The second-order valence-corrected chi connectivity index (χ2v) is 11.3. The highest BCUT2D eigenvalue weighted by Crippen LogP contribution is 2.45. The van der Waals surface area contributed by atoms with Gasteiger partial charge in [0.05, 0.1) is 5.76 Å². The zero-order valence-electron chi connectivity index (χ0n) is 17.6. The van der Waals surface area contributed by atoms with Gasteiger partial charge in [0.1, 0.15) is 0 Å². The summed E-state index contributed by atoms with van der Waals surface area (Å²) in [4.78, 5) is 13.0. The van der Waals surface area contributed by atoms with Crippen molar-refractivity contribution in [1.82, 2.24) is 0 Å². The van der Waals surface area contributed by atoms with E-state index in [2.05, 4.69) is 83.1 Å². The van der Waals surface area contributed by atoms with Crippen LogP contribution in [0.3, 0.4) is 0 Å². The number of rotatable bonds is 3. The summed E-state index contributed by atoms with van der Waals surface area (Å²) in [5.41, 5.74) is -0.522. The lowest BCUT2D eigenvalue weighted by Gasteiger charge is -2.41. The van der Waals surface area contributed by atoms with Crippen molar-refractivity contribution in [2.45, 2.75) is 83.1 Å². The molecule has 0 radical (unpaired) electrons. The Kier molecular flexibility index (Phi) is 6.38. The maximum Gasteiger partial charge on any atom is 0.163 e. The Balaban J connectivity index is 5.88. The summed E-state index contributed by atoms with van der Waals surface area (Å²) in [5, 5.41) is 10.8. The molecule has 0 bridgehead atoms. The van der Waals surface area contributed by atoms with Crippen molar-refractivity contribution in [1.29, 1.82) is 0 Å². The molecule has 2 nitrogen and oxygen atoms in total. The smallest absolute Gasteiger partial charge is 0.163 e. The highest BCUT2D eigenvalue weighted by Gasteiger charge is 2.42. The van der Waals surface area contributed by atoms with Crippen LogP contribution >= 0.6 is 0 Å². The normalized spacial score (nSPS) is 15.5. The Bertz CT molecular complexity index is 414. The number of hydrogen-bond acceptors (Lipinski definition) is 2. The third kappa shape index (κ3) is 6.31. The summed E-state index contributed by atoms with van der Waals surface area (Å²) < 4.78 is 0. The van der Waals surface area contributed by atoms with E-state index >= 15 is 0 Å². The van der Waals surface area contributed by atoms with Crippen molar-refractivity contribution in [3.8, 4) is 0 Å². The molecule has 2 heteroatoms. The van der Waals surface area contributed by atoms with Crippen molar-refractivity contribution in [3.63, 3.8) is 0 Å². The molecule has 0 heterocycles. The first-order chi connectivity index (χ1) is 9.79. The number of carbonyl (C=O) groups excluding carboxylic acids is 1. The highest BCUT2D eigenvalue weighted by atomic mass is 16.3. The van der Waals surface area contributed by atoms with E-state index in [9.17, 15) is 9.90 Å². The fourth-order valence-corrected chi connectivity index (χ4v) is 4.65. The summed E-state index contributed by atoms with van der Waals surface area (Å²) in [7, 11) is 0. The summed E-state index contributed by atoms with van der Waals surface area (Å²) in [5.74, 6) is 0.0340.